The first-order chi connectivity index (χ1) is 37.5. The van der Waals surface area contributed by atoms with Gasteiger partial charge < -0.3 is 48.8 Å². The monoisotopic (exact) mass is 1090 g/mol. The van der Waals surface area contributed by atoms with Crippen LogP contribution < -0.4 is 10.1 Å². The summed E-state index contributed by atoms with van der Waals surface area (Å²) in [6, 6.07) is 19.3. The van der Waals surface area contributed by atoms with Gasteiger partial charge in [0.25, 0.3) is 11.8 Å². The predicted molar refractivity (Wildman–Crippen MR) is 293 cm³/mol. The number of Topliss-reactive ketones (excluding diaryl/α,β-unsaturated/α-hetero) is 1. The first-order valence-electron chi connectivity index (χ1n) is 27.2. The van der Waals surface area contributed by atoms with E-state index in [0.29, 0.717) is 49.7 Å². The van der Waals surface area contributed by atoms with Gasteiger partial charge in [0.2, 0.25) is 29.4 Å². The molecule has 3 heterocycles. The van der Waals surface area contributed by atoms with Gasteiger partial charge in [-0.15, -0.1) is 0 Å². The molecule has 6 rings (SSSR count). The Kier molecular flexibility index (Phi) is 21.1. The number of benzene rings is 3. The summed E-state index contributed by atoms with van der Waals surface area (Å²) in [6.45, 7) is 9.30. The van der Waals surface area contributed by atoms with Crippen molar-refractivity contribution in [3.63, 3.8) is 0 Å². The largest absolute Gasteiger partial charge is 0.484 e. The molecule has 1 N–H and O–H groups in total. The number of carbonyl (C=O) groups excluding carboxylic acids is 9. The van der Waals surface area contributed by atoms with Crippen LogP contribution in [0.15, 0.2) is 97.1 Å². The number of ether oxygens (including phenoxy) is 4. The summed E-state index contributed by atoms with van der Waals surface area (Å²) in [5.41, 5.74) is -0.250. The molecule has 0 radical (unpaired) electrons. The molecule has 3 aliphatic rings. The summed E-state index contributed by atoms with van der Waals surface area (Å²) in [7, 11) is 4.48. The lowest BCUT2D eigenvalue weighted by atomic mass is 9.87. The fraction of sp³-hybridized carbons (Fsp3) is 0.517. The molecule has 1 unspecified atom stereocenters. The summed E-state index contributed by atoms with van der Waals surface area (Å²) in [6.07, 6.45) is 5.21. The van der Waals surface area contributed by atoms with E-state index in [1.807, 2.05) is 51.1 Å². The van der Waals surface area contributed by atoms with E-state index < -0.39 is 108 Å². The number of nitrogens with one attached hydrogen (secondary N) is 1. The second-order valence-electron chi connectivity index (χ2n) is 22.2. The number of hydrogen-bond acceptors (Lipinski definition) is 13. The molecule has 0 spiro atoms. The van der Waals surface area contributed by atoms with E-state index >= 15 is 0 Å². The van der Waals surface area contributed by atoms with E-state index in [1.165, 1.54) is 71.5 Å². The van der Waals surface area contributed by atoms with Crippen molar-refractivity contribution in [2.24, 2.45) is 5.41 Å². The Balaban J connectivity index is 1.31. The lowest BCUT2D eigenvalue weighted by molar-refractivity contribution is -0.165. The number of fused-ring (bicyclic) bond motifs is 4. The summed E-state index contributed by atoms with van der Waals surface area (Å²) in [5.74, 6) is -5.69. The van der Waals surface area contributed by atoms with E-state index in [-0.39, 0.29) is 50.7 Å². The van der Waals surface area contributed by atoms with Crippen LogP contribution >= 0.6 is 0 Å². The predicted octanol–water partition coefficient (Wildman–Crippen LogP) is 5.56. The maximum atomic E-state index is 14.8. The Morgan fingerprint density at radius 3 is 2.06 bits per heavy atom. The summed E-state index contributed by atoms with van der Waals surface area (Å²) >= 11 is 0. The first-order valence-corrected chi connectivity index (χ1v) is 27.2. The average molecular weight is 1090 g/mol. The Hall–Kier alpha value is -7.41. The van der Waals surface area contributed by atoms with Crippen molar-refractivity contribution in [2.45, 2.75) is 135 Å². The number of hydrogen-bond donors (Lipinski definition) is 1. The van der Waals surface area contributed by atoms with Crippen molar-refractivity contribution < 1.29 is 62.1 Å². The highest BCUT2D eigenvalue weighted by atomic mass is 16.5. The van der Waals surface area contributed by atoms with Crippen molar-refractivity contribution >= 4 is 53.2 Å². The number of aryl methyl sites for hydroxylation is 1. The highest BCUT2D eigenvalue weighted by Crippen LogP contribution is 2.31. The fourth-order valence-corrected chi connectivity index (χ4v) is 9.62. The zero-order chi connectivity index (χ0) is 57.6. The SMILES string of the molecule is C[C@H]1C(=O)NC(c2ccccc2)C(=O)N(C)[C@@H](COC(C)(C)C)C(=O)N2CCC[C@H]2C(=O)N(C)CCC=CC(=O)OCC(C)(C)C(=O)C(=O)N2CCCC[C@H]2C(=O)O[C@H](CCc2ccccc2)c2cccc(c2)OCC(=O)N1C. The van der Waals surface area contributed by atoms with E-state index in [0.717, 1.165) is 5.56 Å². The normalized spacial score (nSPS) is 24.5. The van der Waals surface area contributed by atoms with E-state index in [2.05, 4.69) is 5.32 Å². The highest BCUT2D eigenvalue weighted by molar-refractivity contribution is 6.38. The van der Waals surface area contributed by atoms with Gasteiger partial charge in [0.05, 0.1) is 17.6 Å². The van der Waals surface area contributed by atoms with E-state index in [9.17, 15) is 43.2 Å². The molecule has 0 aromatic heterocycles. The van der Waals surface area contributed by atoms with Crippen LogP contribution in [0.1, 0.15) is 115 Å². The van der Waals surface area contributed by atoms with Crippen LogP contribution in [0.2, 0.25) is 0 Å². The number of piperidine rings is 1. The number of rotatable bonds is 6. The Morgan fingerprint density at radius 1 is 0.709 bits per heavy atom. The van der Waals surface area contributed by atoms with Gasteiger partial charge >= 0.3 is 11.9 Å². The van der Waals surface area contributed by atoms with Crippen molar-refractivity contribution in [3.05, 3.63) is 114 Å². The van der Waals surface area contributed by atoms with Crippen LogP contribution in [0, 0.1) is 5.41 Å². The lowest BCUT2D eigenvalue weighted by Gasteiger charge is -2.37. The van der Waals surface area contributed by atoms with Crippen molar-refractivity contribution in [1.82, 2.24) is 29.8 Å². The van der Waals surface area contributed by atoms with Gasteiger partial charge in [-0.25, -0.2) is 9.59 Å². The van der Waals surface area contributed by atoms with Gasteiger partial charge in [0.1, 0.15) is 48.7 Å². The van der Waals surface area contributed by atoms with Crippen LogP contribution in [-0.4, -0.2) is 168 Å². The third-order valence-corrected chi connectivity index (χ3v) is 14.7. The molecule has 3 aromatic carbocycles. The second kappa shape index (κ2) is 27.5. The van der Waals surface area contributed by atoms with Gasteiger partial charge in [-0.3, -0.25) is 33.6 Å². The van der Waals surface area contributed by atoms with Gasteiger partial charge in [-0.1, -0.05) is 78.9 Å². The molecule has 2 bridgehead atoms. The molecule has 19 heteroatoms. The Bertz CT molecular complexity index is 2690. The third-order valence-electron chi connectivity index (χ3n) is 14.7. The first kappa shape index (κ1) is 60.8. The van der Waals surface area contributed by atoms with Crippen LogP contribution in [-0.2, 0) is 63.8 Å². The lowest BCUT2D eigenvalue weighted by Crippen LogP contribution is -2.58. The summed E-state index contributed by atoms with van der Waals surface area (Å²) in [5, 5.41) is 2.83. The Morgan fingerprint density at radius 2 is 1.37 bits per heavy atom. The zero-order valence-corrected chi connectivity index (χ0v) is 47.1. The summed E-state index contributed by atoms with van der Waals surface area (Å²) in [4.78, 5) is 134. The molecular formula is C60H78N6O13. The van der Waals surface area contributed by atoms with E-state index in [1.54, 1.807) is 61.6 Å². The average Bonchev–Trinajstić information content (AvgIpc) is 4.00. The standard InChI is InChI=1S/C60H78N6O13/c1-40-53(70)61-51(42-24-14-11-15-25-42)56(73)64(9)47(37-78-59(2,3)4)55(72)65-35-21-29-45(65)54(71)62(7)33-18-17-30-50(68)77-39-60(5,6)52(69)57(74)66-34-19-16-28-46(66)58(75)79-48(32-31-41-22-12-10-13-23-41)43-26-20-27-44(36-43)76-38-49(67)63(40)8/h10-15,17,20,22-27,30,36,40,45-48,51H,16,18-19,21,28-29,31-35,37-39H2,1-9H3,(H,61,70)/t40-,45-,46-,47-,48+,51?/m0/s1. The fourth-order valence-electron chi connectivity index (χ4n) is 9.62. The molecule has 79 heavy (non-hydrogen) atoms. The number of carbonyl (C=O) groups is 9. The molecule has 426 valence electrons. The number of esters is 2. The second-order valence-corrected chi connectivity index (χ2v) is 22.2. The smallest absolute Gasteiger partial charge is 0.330 e. The highest BCUT2D eigenvalue weighted by Gasteiger charge is 2.44. The molecule has 0 saturated carbocycles. The third kappa shape index (κ3) is 16.3. The molecule has 3 aromatic rings. The Labute approximate surface area is 463 Å². The van der Waals surface area contributed by atoms with Gasteiger partial charge in [0.15, 0.2) is 6.61 Å². The van der Waals surface area contributed by atoms with Crippen molar-refractivity contribution in [1.29, 1.82) is 0 Å². The minimum absolute atomic E-state index is 0.131. The van der Waals surface area contributed by atoms with Gasteiger partial charge in [-0.05, 0) is 122 Å². The van der Waals surface area contributed by atoms with Gasteiger partial charge in [-0.2, -0.15) is 0 Å². The number of likely N-dealkylation sites (N-methyl/N-ethyl adjacent to an activating group) is 3. The molecular weight excluding hydrogens is 1010 g/mol. The van der Waals surface area contributed by atoms with Crippen LogP contribution in [0.4, 0.5) is 0 Å². The molecule has 0 aliphatic carbocycles. The number of ketones is 1. The topological polar surface area (TPSA) is 219 Å². The molecule has 2 fully saturated rings. The maximum absolute atomic E-state index is 14.8. The minimum Gasteiger partial charge on any atom is -0.484 e. The zero-order valence-electron chi connectivity index (χ0n) is 47.1. The number of cyclic esters (lactones) is 2. The molecule has 3 aliphatic heterocycles. The molecule has 6 amide bonds. The number of amides is 6. The molecule has 19 nitrogen and oxygen atoms in total. The molecule has 2 saturated heterocycles. The van der Waals surface area contributed by atoms with Crippen LogP contribution in [0.25, 0.3) is 0 Å². The summed E-state index contributed by atoms with van der Waals surface area (Å²) < 4.78 is 23.9. The molecule has 6 atom stereocenters. The van der Waals surface area contributed by atoms with E-state index in [4.69, 9.17) is 18.9 Å². The van der Waals surface area contributed by atoms with Gasteiger partial charge in [0, 0.05) is 46.9 Å². The van der Waals surface area contributed by atoms with Crippen molar-refractivity contribution in [2.75, 3.05) is 60.6 Å². The quantitative estimate of drug-likeness (QED) is 0.237. The maximum Gasteiger partial charge on any atom is 0.330 e. The van der Waals surface area contributed by atoms with Crippen LogP contribution in [0.3, 0.4) is 0 Å². The van der Waals surface area contributed by atoms with Crippen molar-refractivity contribution in [3.8, 4) is 5.75 Å². The number of nitrogens with zero attached hydrogens (tertiary/aromatic N) is 5. The van der Waals surface area contributed by atoms with Crippen LogP contribution in [0.5, 0.6) is 5.75 Å². The minimum atomic E-state index is -1.47.